The number of benzene rings is 2. The molecule has 0 aliphatic heterocycles. The highest BCUT2D eigenvalue weighted by atomic mass is 127. The quantitative estimate of drug-likeness (QED) is 0.686. The maximum absolute atomic E-state index is 13.7. The van der Waals surface area contributed by atoms with E-state index in [1.165, 1.54) is 6.92 Å². The van der Waals surface area contributed by atoms with Crippen molar-refractivity contribution in [1.29, 1.82) is 0 Å². The molecule has 0 atom stereocenters. The first-order chi connectivity index (χ1) is 10.1. The van der Waals surface area contributed by atoms with Crippen molar-refractivity contribution >= 4 is 49.9 Å². The molecule has 0 unspecified atom stereocenters. The molecule has 0 fully saturated rings. The van der Waals surface area contributed by atoms with Gasteiger partial charge in [-0.2, -0.15) is 0 Å². The summed E-state index contributed by atoms with van der Waals surface area (Å²) >= 11 is 7.42. The van der Waals surface area contributed by atoms with Crippen molar-refractivity contribution in [2.75, 3.05) is 4.72 Å². The Morgan fingerprint density at radius 3 is 2.18 bits per heavy atom. The average molecular weight is 462 g/mol. The maximum atomic E-state index is 13.7. The summed E-state index contributed by atoms with van der Waals surface area (Å²) in [7, 11) is -4.40. The largest absolute Gasteiger partial charge is 0.274 e. The van der Waals surface area contributed by atoms with Crippen molar-refractivity contribution in [2.24, 2.45) is 0 Å². The van der Waals surface area contributed by atoms with Crippen LogP contribution in [0.3, 0.4) is 0 Å². The minimum absolute atomic E-state index is 0.0712. The zero-order valence-corrected chi connectivity index (χ0v) is 14.7. The van der Waals surface area contributed by atoms with Gasteiger partial charge >= 0.3 is 0 Å². The molecule has 0 amide bonds. The molecule has 0 aliphatic carbocycles. The lowest BCUT2D eigenvalue weighted by Gasteiger charge is -2.13. The Bertz CT molecular complexity index is 836. The van der Waals surface area contributed by atoms with E-state index in [4.69, 9.17) is 11.6 Å². The number of anilines is 1. The summed E-state index contributed by atoms with van der Waals surface area (Å²) < 4.78 is 67.4. The Morgan fingerprint density at radius 2 is 1.64 bits per heavy atom. The van der Waals surface area contributed by atoms with E-state index in [1.807, 2.05) is 0 Å². The van der Waals surface area contributed by atoms with Crippen molar-refractivity contribution in [1.82, 2.24) is 0 Å². The van der Waals surface area contributed by atoms with E-state index in [0.717, 1.165) is 24.3 Å². The number of halogens is 5. The highest BCUT2D eigenvalue weighted by molar-refractivity contribution is 14.1. The van der Waals surface area contributed by atoms with Gasteiger partial charge in [0.25, 0.3) is 10.0 Å². The molecular weight excluding hydrogens is 454 g/mol. The Hall–Kier alpha value is -1.00. The molecule has 0 spiro atoms. The standard InChI is InChI=1S/C13H8ClF3INO2S/c1-6-9(14)2-7(15)3-12(6)22(20,21)19-13-10(16)4-8(18)5-11(13)17/h2-5,19H,1H3. The molecule has 2 aromatic rings. The van der Waals surface area contributed by atoms with Crippen LogP contribution in [0.1, 0.15) is 5.56 Å². The predicted molar refractivity (Wildman–Crippen MR) is 86.0 cm³/mol. The second-order valence-electron chi connectivity index (χ2n) is 4.36. The van der Waals surface area contributed by atoms with Crippen LogP contribution in [0.15, 0.2) is 29.2 Å². The predicted octanol–water partition coefficient (Wildman–Crippen LogP) is 4.47. The van der Waals surface area contributed by atoms with Gasteiger partial charge in [-0.3, -0.25) is 4.72 Å². The summed E-state index contributed by atoms with van der Waals surface area (Å²) in [6.45, 7) is 1.36. The van der Waals surface area contributed by atoms with Gasteiger partial charge in [0.2, 0.25) is 0 Å². The van der Waals surface area contributed by atoms with Crippen molar-refractivity contribution < 1.29 is 21.6 Å². The van der Waals surface area contributed by atoms with Gasteiger partial charge < -0.3 is 0 Å². The van der Waals surface area contributed by atoms with Crippen LogP contribution in [0.25, 0.3) is 0 Å². The first-order valence-corrected chi connectivity index (χ1v) is 8.69. The molecule has 3 nitrogen and oxygen atoms in total. The smallest absolute Gasteiger partial charge is 0.262 e. The molecule has 0 radical (unpaired) electrons. The minimum Gasteiger partial charge on any atom is -0.274 e. The third-order valence-corrected chi connectivity index (χ3v) is 5.29. The SMILES string of the molecule is Cc1c(Cl)cc(F)cc1S(=O)(=O)Nc1c(F)cc(I)cc1F. The number of rotatable bonds is 3. The Kier molecular flexibility index (Phi) is 4.93. The summed E-state index contributed by atoms with van der Waals surface area (Å²) in [4.78, 5) is -0.491. The summed E-state index contributed by atoms with van der Waals surface area (Å²) in [5, 5.41) is -0.107. The average Bonchev–Trinajstić information content (AvgIpc) is 2.38. The van der Waals surface area contributed by atoms with E-state index in [1.54, 1.807) is 27.3 Å². The molecule has 0 aromatic heterocycles. The Labute approximate surface area is 143 Å². The van der Waals surface area contributed by atoms with E-state index >= 15 is 0 Å². The molecule has 0 heterocycles. The van der Waals surface area contributed by atoms with Gasteiger partial charge in [-0.05, 0) is 59.3 Å². The number of hydrogen-bond acceptors (Lipinski definition) is 2. The van der Waals surface area contributed by atoms with Crippen LogP contribution in [-0.4, -0.2) is 8.42 Å². The van der Waals surface area contributed by atoms with E-state index in [9.17, 15) is 21.6 Å². The lowest BCUT2D eigenvalue weighted by atomic mass is 10.2. The van der Waals surface area contributed by atoms with Crippen LogP contribution in [0, 0.1) is 27.9 Å². The minimum atomic E-state index is -4.40. The van der Waals surface area contributed by atoms with Gasteiger partial charge in [-0.1, -0.05) is 11.6 Å². The van der Waals surface area contributed by atoms with Gasteiger partial charge in [0.1, 0.15) is 11.5 Å². The summed E-state index contributed by atoms with van der Waals surface area (Å²) in [6.07, 6.45) is 0. The van der Waals surface area contributed by atoms with Crippen LogP contribution in [0.2, 0.25) is 5.02 Å². The zero-order chi connectivity index (χ0) is 16.7. The first kappa shape index (κ1) is 17.4. The molecule has 2 rings (SSSR count). The summed E-state index contributed by atoms with van der Waals surface area (Å²) in [5.41, 5.74) is -0.762. The van der Waals surface area contributed by atoms with Gasteiger partial charge in [0.15, 0.2) is 11.6 Å². The third kappa shape index (κ3) is 3.49. The fraction of sp³-hybridized carbons (Fsp3) is 0.0769. The van der Waals surface area contributed by atoms with Crippen molar-refractivity contribution in [2.45, 2.75) is 11.8 Å². The van der Waals surface area contributed by atoms with E-state index in [-0.39, 0.29) is 14.2 Å². The van der Waals surface area contributed by atoms with Gasteiger partial charge in [0.05, 0.1) is 4.90 Å². The molecule has 118 valence electrons. The van der Waals surface area contributed by atoms with Gasteiger partial charge in [0, 0.05) is 8.59 Å². The lowest BCUT2D eigenvalue weighted by molar-refractivity contribution is 0.580. The van der Waals surface area contributed by atoms with Crippen LogP contribution in [-0.2, 0) is 10.0 Å². The molecular formula is C13H8ClF3INO2S. The van der Waals surface area contributed by atoms with Crippen LogP contribution in [0.4, 0.5) is 18.9 Å². The first-order valence-electron chi connectivity index (χ1n) is 5.75. The van der Waals surface area contributed by atoms with Gasteiger partial charge in [-0.15, -0.1) is 0 Å². The highest BCUT2D eigenvalue weighted by Gasteiger charge is 2.23. The molecule has 0 saturated carbocycles. The lowest BCUT2D eigenvalue weighted by Crippen LogP contribution is -2.17. The fourth-order valence-corrected chi connectivity index (χ4v) is 3.89. The molecule has 9 heteroatoms. The monoisotopic (exact) mass is 461 g/mol. The topological polar surface area (TPSA) is 46.2 Å². The third-order valence-electron chi connectivity index (χ3n) is 2.79. The fourth-order valence-electron chi connectivity index (χ4n) is 1.73. The molecule has 0 bridgehead atoms. The van der Waals surface area contributed by atoms with Crippen molar-refractivity contribution in [3.63, 3.8) is 0 Å². The Morgan fingerprint density at radius 1 is 1.09 bits per heavy atom. The van der Waals surface area contributed by atoms with E-state index in [2.05, 4.69) is 0 Å². The molecule has 1 N–H and O–H groups in total. The summed E-state index contributed by atoms with van der Waals surface area (Å²) in [5.74, 6) is -3.03. The van der Waals surface area contributed by atoms with Crippen molar-refractivity contribution in [3.05, 3.63) is 55.9 Å². The van der Waals surface area contributed by atoms with Crippen molar-refractivity contribution in [3.8, 4) is 0 Å². The molecule has 2 aromatic carbocycles. The number of nitrogens with one attached hydrogen (secondary N) is 1. The highest BCUT2D eigenvalue weighted by Crippen LogP contribution is 2.29. The maximum Gasteiger partial charge on any atom is 0.262 e. The molecule has 0 saturated heterocycles. The van der Waals surface area contributed by atoms with E-state index < -0.39 is 38.1 Å². The number of hydrogen-bond donors (Lipinski definition) is 1. The Balaban J connectivity index is 2.54. The van der Waals surface area contributed by atoms with E-state index in [0.29, 0.717) is 0 Å². The van der Waals surface area contributed by atoms with Crippen LogP contribution >= 0.6 is 34.2 Å². The summed E-state index contributed by atoms with van der Waals surface area (Å²) in [6, 6.07) is 3.60. The van der Waals surface area contributed by atoms with Crippen LogP contribution in [0.5, 0.6) is 0 Å². The second kappa shape index (κ2) is 6.25. The van der Waals surface area contributed by atoms with Gasteiger partial charge in [-0.25, -0.2) is 21.6 Å². The van der Waals surface area contributed by atoms with Crippen LogP contribution < -0.4 is 4.72 Å². The normalized spacial score (nSPS) is 11.5. The number of sulfonamides is 1. The zero-order valence-electron chi connectivity index (χ0n) is 10.9. The molecule has 0 aliphatic rings. The molecule has 22 heavy (non-hydrogen) atoms. The second-order valence-corrected chi connectivity index (χ2v) is 7.66.